The van der Waals surface area contributed by atoms with Gasteiger partial charge < -0.3 is 5.73 Å². The van der Waals surface area contributed by atoms with Gasteiger partial charge in [0.05, 0.1) is 5.54 Å². The first-order valence-electron chi connectivity index (χ1n) is 6.21. The number of rotatable bonds is 3. The summed E-state index contributed by atoms with van der Waals surface area (Å²) in [6, 6.07) is 3.89. The zero-order valence-corrected chi connectivity index (χ0v) is 13.2. The van der Waals surface area contributed by atoms with E-state index in [-0.39, 0.29) is 5.54 Å². The van der Waals surface area contributed by atoms with Crippen LogP contribution in [0.15, 0.2) is 16.6 Å². The van der Waals surface area contributed by atoms with Crippen LogP contribution in [0.1, 0.15) is 32.8 Å². The van der Waals surface area contributed by atoms with Crippen molar-refractivity contribution in [3.63, 3.8) is 0 Å². The van der Waals surface area contributed by atoms with Crippen molar-refractivity contribution in [1.82, 2.24) is 20.2 Å². The van der Waals surface area contributed by atoms with E-state index >= 15 is 0 Å². The number of hydrogen-bond donors (Lipinski definition) is 1. The maximum atomic E-state index is 6.01. The Labute approximate surface area is 121 Å². The predicted molar refractivity (Wildman–Crippen MR) is 79.7 cm³/mol. The zero-order valence-electron chi connectivity index (χ0n) is 11.6. The van der Waals surface area contributed by atoms with E-state index in [2.05, 4.69) is 52.2 Å². The summed E-state index contributed by atoms with van der Waals surface area (Å²) >= 11 is 3.47. The topological polar surface area (TPSA) is 69.6 Å². The number of hydrogen-bond acceptors (Lipinski definition) is 4. The minimum atomic E-state index is -0.137. The third-order valence-corrected chi connectivity index (χ3v) is 4.02. The van der Waals surface area contributed by atoms with E-state index in [4.69, 9.17) is 5.73 Å². The summed E-state index contributed by atoms with van der Waals surface area (Å²) in [6.07, 6.45) is 0.938. The molecule has 0 aliphatic heterocycles. The highest BCUT2D eigenvalue weighted by Gasteiger charge is 2.25. The summed E-state index contributed by atoms with van der Waals surface area (Å²) in [4.78, 5) is 0. The molecule has 2 aromatic rings. The number of aromatic nitrogens is 4. The molecule has 0 saturated heterocycles. The number of nitrogens with zero attached hydrogens (tertiary/aromatic N) is 4. The highest BCUT2D eigenvalue weighted by atomic mass is 79.9. The number of nitrogens with two attached hydrogens (primary N) is 1. The van der Waals surface area contributed by atoms with Crippen molar-refractivity contribution in [3.05, 3.63) is 22.2 Å². The molecule has 0 aliphatic rings. The second kappa shape index (κ2) is 4.92. The summed E-state index contributed by atoms with van der Waals surface area (Å²) in [5.74, 6) is 0.748. The fraction of sp³-hybridized carbons (Fsp3) is 0.462. The minimum Gasteiger partial charge on any atom is -0.398 e. The molecule has 2 N–H and O–H groups in total. The number of anilines is 1. The van der Waals surface area contributed by atoms with Gasteiger partial charge in [0.25, 0.3) is 0 Å². The van der Waals surface area contributed by atoms with Crippen molar-refractivity contribution in [2.24, 2.45) is 0 Å². The Morgan fingerprint density at radius 2 is 2.05 bits per heavy atom. The van der Waals surface area contributed by atoms with Gasteiger partial charge in [-0.1, -0.05) is 22.9 Å². The lowest BCUT2D eigenvalue weighted by Gasteiger charge is -2.24. The molecule has 6 heteroatoms. The van der Waals surface area contributed by atoms with E-state index in [1.54, 1.807) is 0 Å². The molecule has 102 valence electrons. The summed E-state index contributed by atoms with van der Waals surface area (Å²) in [7, 11) is 0. The van der Waals surface area contributed by atoms with Crippen LogP contribution in [0.4, 0.5) is 5.69 Å². The average Bonchev–Trinajstić information content (AvgIpc) is 2.83. The smallest absolute Gasteiger partial charge is 0.182 e. The molecule has 1 aromatic heterocycles. The molecular weight excluding hydrogens is 306 g/mol. The van der Waals surface area contributed by atoms with Crippen LogP contribution in [0.5, 0.6) is 0 Å². The largest absolute Gasteiger partial charge is 0.398 e. The Morgan fingerprint density at radius 3 is 2.68 bits per heavy atom. The van der Waals surface area contributed by atoms with Crippen LogP contribution in [-0.4, -0.2) is 20.2 Å². The van der Waals surface area contributed by atoms with Gasteiger partial charge in [-0.2, -0.15) is 0 Å². The third kappa shape index (κ3) is 2.49. The van der Waals surface area contributed by atoms with Crippen molar-refractivity contribution in [1.29, 1.82) is 0 Å². The summed E-state index contributed by atoms with van der Waals surface area (Å²) < 4.78 is 2.79. The molecule has 5 nitrogen and oxygen atoms in total. The normalized spacial score (nSPS) is 11.8. The van der Waals surface area contributed by atoms with E-state index < -0.39 is 0 Å². The van der Waals surface area contributed by atoms with Crippen molar-refractivity contribution in [2.75, 3.05) is 5.73 Å². The van der Waals surface area contributed by atoms with Gasteiger partial charge >= 0.3 is 0 Å². The lowest BCUT2D eigenvalue weighted by Crippen LogP contribution is -2.27. The predicted octanol–water partition coefficient (Wildman–Crippen LogP) is 3.14. The SMILES string of the molecule is CCC(C)(C)n1nnnc1-c1cc(Br)cc(N)c1C. The van der Waals surface area contributed by atoms with Crippen LogP contribution in [0, 0.1) is 6.92 Å². The van der Waals surface area contributed by atoms with Crippen molar-refractivity contribution in [2.45, 2.75) is 39.7 Å². The lowest BCUT2D eigenvalue weighted by molar-refractivity contribution is 0.304. The first kappa shape index (κ1) is 14.0. The number of tetrazole rings is 1. The number of benzene rings is 1. The van der Waals surface area contributed by atoms with E-state index in [0.29, 0.717) is 0 Å². The standard InChI is InChI=1S/C13H18BrN5/c1-5-13(3,4)19-12(16-17-18-19)10-6-9(14)7-11(15)8(10)2/h6-7H,5,15H2,1-4H3. The lowest BCUT2D eigenvalue weighted by atomic mass is 10.0. The first-order chi connectivity index (χ1) is 8.86. The Hall–Kier alpha value is -1.43. The fourth-order valence-electron chi connectivity index (χ4n) is 1.84. The van der Waals surface area contributed by atoms with Gasteiger partial charge in [0, 0.05) is 15.7 Å². The van der Waals surface area contributed by atoms with Crippen LogP contribution in [0.2, 0.25) is 0 Å². The Bertz CT molecular complexity index is 603. The molecule has 1 aromatic carbocycles. The molecule has 1 heterocycles. The van der Waals surface area contributed by atoms with Crippen LogP contribution < -0.4 is 5.73 Å². The molecule has 0 atom stereocenters. The molecule has 0 radical (unpaired) electrons. The molecule has 0 amide bonds. The molecule has 0 spiro atoms. The van der Waals surface area contributed by atoms with Gasteiger partial charge in [-0.25, -0.2) is 4.68 Å². The maximum absolute atomic E-state index is 6.01. The Kier molecular flexibility index (Phi) is 3.62. The number of halogens is 1. The average molecular weight is 324 g/mol. The summed E-state index contributed by atoms with van der Waals surface area (Å²) in [5, 5.41) is 12.1. The molecule has 0 fully saturated rings. The quantitative estimate of drug-likeness (QED) is 0.881. The first-order valence-corrected chi connectivity index (χ1v) is 7.01. The molecule has 0 saturated carbocycles. The molecule has 0 bridgehead atoms. The third-order valence-electron chi connectivity index (χ3n) is 3.56. The molecule has 0 unspecified atom stereocenters. The highest BCUT2D eigenvalue weighted by molar-refractivity contribution is 9.10. The zero-order chi connectivity index (χ0) is 14.2. The molecule has 19 heavy (non-hydrogen) atoms. The van der Waals surface area contributed by atoms with Gasteiger partial charge in [-0.05, 0) is 55.3 Å². The van der Waals surface area contributed by atoms with Crippen LogP contribution >= 0.6 is 15.9 Å². The Balaban J connectivity index is 2.65. The second-order valence-electron chi connectivity index (χ2n) is 5.25. The van der Waals surface area contributed by atoms with Gasteiger partial charge in [-0.15, -0.1) is 5.10 Å². The molecule has 2 rings (SSSR count). The van der Waals surface area contributed by atoms with Crippen LogP contribution in [0.3, 0.4) is 0 Å². The van der Waals surface area contributed by atoms with E-state index in [1.165, 1.54) is 0 Å². The van der Waals surface area contributed by atoms with Gasteiger partial charge in [0.2, 0.25) is 0 Å². The van der Waals surface area contributed by atoms with Gasteiger partial charge in [-0.3, -0.25) is 0 Å². The van der Waals surface area contributed by atoms with Crippen molar-refractivity contribution >= 4 is 21.6 Å². The van der Waals surface area contributed by atoms with Crippen molar-refractivity contribution < 1.29 is 0 Å². The number of nitrogen functional groups attached to an aromatic ring is 1. The minimum absolute atomic E-state index is 0.137. The molecular formula is C13H18BrN5. The summed E-state index contributed by atoms with van der Waals surface area (Å²) in [5.41, 5.74) is 8.55. The highest BCUT2D eigenvalue weighted by Crippen LogP contribution is 2.32. The van der Waals surface area contributed by atoms with E-state index in [9.17, 15) is 0 Å². The van der Waals surface area contributed by atoms with Gasteiger partial charge in [0.15, 0.2) is 5.82 Å². The second-order valence-corrected chi connectivity index (χ2v) is 6.16. The molecule has 0 aliphatic carbocycles. The van der Waals surface area contributed by atoms with E-state index in [0.717, 1.165) is 33.5 Å². The van der Waals surface area contributed by atoms with E-state index in [1.807, 2.05) is 23.7 Å². The van der Waals surface area contributed by atoms with Gasteiger partial charge in [0.1, 0.15) is 0 Å². The maximum Gasteiger partial charge on any atom is 0.182 e. The summed E-state index contributed by atoms with van der Waals surface area (Å²) in [6.45, 7) is 8.33. The monoisotopic (exact) mass is 323 g/mol. The Morgan fingerprint density at radius 1 is 1.37 bits per heavy atom. The fourth-order valence-corrected chi connectivity index (χ4v) is 2.32. The van der Waals surface area contributed by atoms with Crippen LogP contribution in [0.25, 0.3) is 11.4 Å². The van der Waals surface area contributed by atoms with Crippen LogP contribution in [-0.2, 0) is 5.54 Å². The van der Waals surface area contributed by atoms with Crippen molar-refractivity contribution in [3.8, 4) is 11.4 Å².